The molecule has 3 N–H and O–H groups in total. The smallest absolute Gasteiger partial charge is 0.409 e. The van der Waals surface area contributed by atoms with E-state index in [1.807, 2.05) is 13.0 Å². The minimum atomic E-state index is -0.685. The van der Waals surface area contributed by atoms with Gasteiger partial charge in [-0.3, -0.25) is 4.98 Å². The van der Waals surface area contributed by atoms with Crippen molar-refractivity contribution >= 4 is 28.9 Å². The Balaban J connectivity index is 1.44. The number of fused-ring (bicyclic) bond motifs is 1. The number of piperidine rings is 1. The second-order valence-corrected chi connectivity index (χ2v) is 9.88. The fourth-order valence-electron chi connectivity index (χ4n) is 5.37. The van der Waals surface area contributed by atoms with Crippen molar-refractivity contribution in [1.29, 1.82) is 0 Å². The maximum Gasteiger partial charge on any atom is 0.409 e. The SMILES string of the molecule is COC(=O)N(C)[C@@H]1[C@H](N)CN(c2ccncc2Nc2ncc3ccc(-c4c(F)cc(C)cc4F)nn23)C[C@@H]1C. The molecule has 1 fully saturated rings. The highest BCUT2D eigenvalue weighted by molar-refractivity contribution is 5.74. The third-order valence-corrected chi connectivity index (χ3v) is 7.08. The number of imidazole rings is 1. The van der Waals surface area contributed by atoms with Gasteiger partial charge in [0.2, 0.25) is 5.95 Å². The van der Waals surface area contributed by atoms with Crippen LogP contribution in [0.1, 0.15) is 12.5 Å². The predicted octanol–water partition coefficient (Wildman–Crippen LogP) is 3.97. The van der Waals surface area contributed by atoms with Gasteiger partial charge in [-0.1, -0.05) is 6.92 Å². The van der Waals surface area contributed by atoms with Gasteiger partial charge in [-0.15, -0.1) is 0 Å². The van der Waals surface area contributed by atoms with E-state index in [9.17, 15) is 13.6 Å². The number of likely N-dealkylation sites (N-methyl/N-ethyl adjacent to an activating group) is 1. The van der Waals surface area contributed by atoms with Crippen LogP contribution >= 0.6 is 0 Å². The van der Waals surface area contributed by atoms with E-state index in [4.69, 9.17) is 10.5 Å². The molecule has 4 heterocycles. The van der Waals surface area contributed by atoms with Crippen molar-refractivity contribution in [3.63, 3.8) is 0 Å². The number of halogens is 2. The Morgan fingerprint density at radius 3 is 2.62 bits per heavy atom. The molecule has 3 aromatic heterocycles. The summed E-state index contributed by atoms with van der Waals surface area (Å²) in [6.45, 7) is 4.80. The number of nitrogens with zero attached hydrogens (tertiary/aromatic N) is 6. The summed E-state index contributed by atoms with van der Waals surface area (Å²) in [7, 11) is 3.05. The van der Waals surface area contributed by atoms with Crippen molar-refractivity contribution in [2.45, 2.75) is 25.9 Å². The molecule has 0 spiro atoms. The van der Waals surface area contributed by atoms with Crippen molar-refractivity contribution in [2.75, 3.05) is 37.5 Å². The summed E-state index contributed by atoms with van der Waals surface area (Å²) >= 11 is 0. The van der Waals surface area contributed by atoms with Gasteiger partial charge in [-0.25, -0.2) is 18.6 Å². The molecule has 0 radical (unpaired) electrons. The quantitative estimate of drug-likeness (QED) is 0.394. The molecule has 204 valence electrons. The zero-order valence-corrected chi connectivity index (χ0v) is 22.1. The molecule has 1 aliphatic heterocycles. The van der Waals surface area contributed by atoms with Crippen LogP contribution in [0.3, 0.4) is 0 Å². The first kappa shape index (κ1) is 26.3. The lowest BCUT2D eigenvalue weighted by atomic mass is 9.89. The molecular formula is C27H30F2N8O2. The molecule has 1 amide bonds. The Hall–Kier alpha value is -4.32. The fraction of sp³-hybridized carbons (Fsp3) is 0.333. The van der Waals surface area contributed by atoms with Crippen LogP contribution in [-0.4, -0.2) is 69.9 Å². The Kier molecular flexibility index (Phi) is 7.04. The predicted molar refractivity (Wildman–Crippen MR) is 144 cm³/mol. The standard InChI is InChI=1S/C27H30F2N8O2/c1-15-9-18(28)24(19(29)10-15)21-6-5-17-11-32-26(37(17)34-21)33-22-12-31-8-7-23(22)36-13-16(2)25(20(30)14-36)35(3)27(38)39-4/h5-12,16,20,25H,13-14,30H2,1-4H3,(H,32,33)/t16-,20+,25-/m0/s1. The Morgan fingerprint density at radius 2 is 1.92 bits per heavy atom. The van der Waals surface area contributed by atoms with Gasteiger partial charge in [-0.05, 0) is 48.7 Å². The number of pyridine rings is 1. The zero-order valence-electron chi connectivity index (χ0n) is 22.1. The molecule has 1 saturated heterocycles. The van der Waals surface area contributed by atoms with Crippen molar-refractivity contribution < 1.29 is 18.3 Å². The average molecular weight is 537 g/mol. The first-order valence-electron chi connectivity index (χ1n) is 12.5. The van der Waals surface area contributed by atoms with Gasteiger partial charge in [-0.2, -0.15) is 9.61 Å². The number of aryl methyl sites for hydroxylation is 1. The van der Waals surface area contributed by atoms with Crippen LogP contribution in [-0.2, 0) is 4.74 Å². The number of carbonyl (C=O) groups is 1. The summed E-state index contributed by atoms with van der Waals surface area (Å²) < 4.78 is 35.7. The summed E-state index contributed by atoms with van der Waals surface area (Å²) in [6, 6.07) is 7.17. The lowest BCUT2D eigenvalue weighted by molar-refractivity contribution is 0.0906. The number of benzene rings is 1. The van der Waals surface area contributed by atoms with Crippen molar-refractivity contribution in [3.8, 4) is 11.3 Å². The van der Waals surface area contributed by atoms with Crippen LogP contribution in [0.4, 0.5) is 30.9 Å². The minimum Gasteiger partial charge on any atom is -0.453 e. The second-order valence-electron chi connectivity index (χ2n) is 9.88. The van der Waals surface area contributed by atoms with Crippen LogP contribution < -0.4 is 16.0 Å². The molecule has 0 bridgehead atoms. The third kappa shape index (κ3) is 4.94. The lowest BCUT2D eigenvalue weighted by Gasteiger charge is -2.45. The summed E-state index contributed by atoms with van der Waals surface area (Å²) in [4.78, 5) is 24.5. The number of methoxy groups -OCH3 is 1. The molecule has 4 aromatic rings. The second kappa shape index (κ2) is 10.4. The molecule has 39 heavy (non-hydrogen) atoms. The maximum atomic E-state index is 14.7. The van der Waals surface area contributed by atoms with Gasteiger partial charge in [0.05, 0.1) is 53.7 Å². The number of ether oxygens (including phenoxy) is 1. The topological polar surface area (TPSA) is 114 Å². The van der Waals surface area contributed by atoms with Crippen molar-refractivity contribution in [3.05, 3.63) is 66.1 Å². The van der Waals surface area contributed by atoms with Crippen molar-refractivity contribution in [2.24, 2.45) is 11.7 Å². The molecule has 0 saturated carbocycles. The molecule has 3 atom stereocenters. The first-order valence-corrected chi connectivity index (χ1v) is 12.5. The molecule has 0 unspecified atom stereocenters. The normalized spacial score (nSPS) is 19.3. The average Bonchev–Trinajstić information content (AvgIpc) is 3.29. The van der Waals surface area contributed by atoms with E-state index in [-0.39, 0.29) is 29.3 Å². The van der Waals surface area contributed by atoms with Gasteiger partial charge in [0.25, 0.3) is 0 Å². The highest BCUT2D eigenvalue weighted by Gasteiger charge is 2.38. The maximum absolute atomic E-state index is 14.7. The van der Waals surface area contributed by atoms with E-state index in [1.54, 1.807) is 49.6 Å². The van der Waals surface area contributed by atoms with Crippen molar-refractivity contribution in [1.82, 2.24) is 24.5 Å². The van der Waals surface area contributed by atoms with Gasteiger partial charge in [0, 0.05) is 32.4 Å². The molecule has 12 heteroatoms. The van der Waals surface area contributed by atoms with E-state index < -0.39 is 17.7 Å². The summed E-state index contributed by atoms with van der Waals surface area (Å²) in [5.41, 5.74) is 9.11. The zero-order chi connectivity index (χ0) is 27.8. The van der Waals surface area contributed by atoms with Gasteiger partial charge in [0.15, 0.2) is 0 Å². The number of aromatic nitrogens is 4. The summed E-state index contributed by atoms with van der Waals surface area (Å²) in [5, 5.41) is 7.75. The van der Waals surface area contributed by atoms with E-state index in [0.29, 0.717) is 35.8 Å². The Bertz CT molecular complexity index is 1490. The van der Waals surface area contributed by atoms with Crippen LogP contribution in [0.25, 0.3) is 16.8 Å². The monoisotopic (exact) mass is 536 g/mol. The third-order valence-electron chi connectivity index (χ3n) is 7.08. The van der Waals surface area contributed by atoms with E-state index in [1.165, 1.54) is 23.8 Å². The van der Waals surface area contributed by atoms with Crippen LogP contribution in [0.15, 0.2) is 48.9 Å². The largest absolute Gasteiger partial charge is 0.453 e. The molecule has 5 rings (SSSR count). The Morgan fingerprint density at radius 1 is 1.18 bits per heavy atom. The van der Waals surface area contributed by atoms with Gasteiger partial charge < -0.3 is 25.6 Å². The highest BCUT2D eigenvalue weighted by atomic mass is 19.1. The van der Waals surface area contributed by atoms with Gasteiger partial charge in [0.1, 0.15) is 11.6 Å². The molecule has 10 nitrogen and oxygen atoms in total. The molecular weight excluding hydrogens is 506 g/mol. The minimum absolute atomic E-state index is 0.0506. The molecule has 0 aliphatic carbocycles. The highest BCUT2D eigenvalue weighted by Crippen LogP contribution is 2.33. The van der Waals surface area contributed by atoms with E-state index >= 15 is 0 Å². The molecule has 1 aliphatic rings. The number of hydrogen-bond donors (Lipinski definition) is 2. The van der Waals surface area contributed by atoms with Gasteiger partial charge >= 0.3 is 6.09 Å². The van der Waals surface area contributed by atoms with E-state index in [2.05, 4.69) is 25.3 Å². The van der Waals surface area contributed by atoms with Crippen LogP contribution in [0.2, 0.25) is 0 Å². The van der Waals surface area contributed by atoms with Crippen LogP contribution in [0.5, 0.6) is 0 Å². The summed E-state index contributed by atoms with van der Waals surface area (Å²) in [6.07, 6.45) is 4.54. The summed E-state index contributed by atoms with van der Waals surface area (Å²) in [5.74, 6) is -0.966. The fourth-order valence-corrected chi connectivity index (χ4v) is 5.37. The molecule has 1 aromatic carbocycles. The number of nitrogens with one attached hydrogen (secondary N) is 1. The number of hydrogen-bond acceptors (Lipinski definition) is 8. The number of amides is 1. The lowest BCUT2D eigenvalue weighted by Crippen LogP contribution is -2.62. The number of nitrogens with two attached hydrogens (primary N) is 1. The number of rotatable bonds is 5. The van der Waals surface area contributed by atoms with E-state index in [0.717, 1.165) is 5.69 Å². The Labute approximate surface area is 224 Å². The van der Waals surface area contributed by atoms with Crippen LogP contribution in [0, 0.1) is 24.5 Å². The first-order chi connectivity index (χ1) is 18.7. The number of anilines is 3. The number of carbonyl (C=O) groups excluding carboxylic acids is 1.